The van der Waals surface area contributed by atoms with Crippen molar-refractivity contribution in [3.05, 3.63) is 0 Å². The molecule has 0 spiro atoms. The molecule has 0 aliphatic carbocycles. The lowest BCUT2D eigenvalue weighted by Crippen LogP contribution is -2.42. The summed E-state index contributed by atoms with van der Waals surface area (Å²) in [5.74, 6) is 0.843. The molecule has 18 heavy (non-hydrogen) atoms. The van der Waals surface area contributed by atoms with E-state index >= 15 is 0 Å². The van der Waals surface area contributed by atoms with Crippen LogP contribution in [0.3, 0.4) is 0 Å². The topological polar surface area (TPSA) is 58.6 Å². The quantitative estimate of drug-likeness (QED) is 0.818. The summed E-state index contributed by atoms with van der Waals surface area (Å²) in [5.41, 5.74) is 0. The van der Waals surface area contributed by atoms with Gasteiger partial charge >= 0.3 is 0 Å². The van der Waals surface area contributed by atoms with E-state index in [4.69, 9.17) is 4.74 Å². The predicted octanol–water partition coefficient (Wildman–Crippen LogP) is 1.23. The van der Waals surface area contributed by atoms with E-state index in [1.807, 2.05) is 6.92 Å². The molecule has 2 rings (SSSR count). The predicted molar refractivity (Wildman–Crippen MR) is 70.6 cm³/mol. The Morgan fingerprint density at radius 1 is 1.67 bits per heavy atom. The van der Waals surface area contributed by atoms with Gasteiger partial charge in [0.2, 0.25) is 5.91 Å². The molecule has 0 unspecified atom stereocenters. The molecular weight excluding hydrogens is 252 g/mol. The molecule has 2 aliphatic heterocycles. The number of hydrogen-bond acceptors (Lipinski definition) is 4. The number of nitrogens with zero attached hydrogens (tertiary/aromatic N) is 1. The molecule has 0 aromatic carbocycles. The third-order valence-corrected chi connectivity index (χ3v) is 4.26. The summed E-state index contributed by atoms with van der Waals surface area (Å²) >= 11 is 1.33. The molecule has 2 aliphatic rings. The third kappa shape index (κ3) is 3.62. The molecule has 0 aromatic rings. The molecule has 6 heteroatoms. The van der Waals surface area contributed by atoms with Gasteiger partial charge in [-0.15, -0.1) is 0 Å². The minimum atomic E-state index is 0.00250. The summed E-state index contributed by atoms with van der Waals surface area (Å²) in [6.45, 7) is 4.06. The summed E-state index contributed by atoms with van der Waals surface area (Å²) < 4.78 is 5.53. The number of nitrogens with one attached hydrogen (secondary N) is 1. The number of hydrogen-bond donors (Lipinski definition) is 1. The molecule has 0 saturated carbocycles. The summed E-state index contributed by atoms with van der Waals surface area (Å²) in [6.07, 6.45) is 2.62. The molecule has 5 nitrogen and oxygen atoms in total. The van der Waals surface area contributed by atoms with E-state index in [9.17, 15) is 9.59 Å². The summed E-state index contributed by atoms with van der Waals surface area (Å²) in [4.78, 5) is 24.9. The smallest absolute Gasteiger partial charge is 0.281 e. The highest BCUT2D eigenvalue weighted by molar-refractivity contribution is 8.13. The van der Waals surface area contributed by atoms with Crippen molar-refractivity contribution < 1.29 is 14.3 Å². The van der Waals surface area contributed by atoms with Gasteiger partial charge in [0.05, 0.1) is 12.1 Å². The van der Waals surface area contributed by atoms with Gasteiger partial charge in [0.1, 0.15) is 0 Å². The average Bonchev–Trinajstić information content (AvgIpc) is 2.97. The van der Waals surface area contributed by atoms with Crippen LogP contribution in [0, 0.1) is 0 Å². The molecule has 0 radical (unpaired) electrons. The van der Waals surface area contributed by atoms with Gasteiger partial charge in [-0.1, -0.05) is 11.8 Å². The van der Waals surface area contributed by atoms with Crippen LogP contribution < -0.4 is 5.32 Å². The Kier molecular flexibility index (Phi) is 4.88. The van der Waals surface area contributed by atoms with Gasteiger partial charge in [-0.2, -0.15) is 0 Å². The van der Waals surface area contributed by atoms with Gasteiger partial charge < -0.3 is 15.0 Å². The highest BCUT2D eigenvalue weighted by atomic mass is 32.2. The number of carbonyl (C=O) groups excluding carboxylic acids is 2. The first-order valence-corrected chi connectivity index (χ1v) is 7.48. The van der Waals surface area contributed by atoms with Crippen LogP contribution in [0.15, 0.2) is 0 Å². The third-order valence-electron chi connectivity index (χ3n) is 3.36. The van der Waals surface area contributed by atoms with Crippen molar-refractivity contribution in [3.63, 3.8) is 0 Å². The van der Waals surface area contributed by atoms with E-state index < -0.39 is 0 Å². The maximum Gasteiger partial charge on any atom is 0.281 e. The van der Waals surface area contributed by atoms with E-state index in [0.29, 0.717) is 13.0 Å². The van der Waals surface area contributed by atoms with Gasteiger partial charge in [0.15, 0.2) is 0 Å². The Labute approximate surface area is 112 Å². The van der Waals surface area contributed by atoms with Gasteiger partial charge in [-0.3, -0.25) is 9.59 Å². The normalized spacial score (nSPS) is 25.5. The molecule has 102 valence electrons. The Morgan fingerprint density at radius 3 is 3.11 bits per heavy atom. The maximum atomic E-state index is 11.8. The zero-order chi connectivity index (χ0) is 13.0. The van der Waals surface area contributed by atoms with Crippen LogP contribution in [0.4, 0.5) is 4.79 Å². The first kappa shape index (κ1) is 13.7. The number of rotatable bonds is 5. The Bertz CT molecular complexity index is 318. The van der Waals surface area contributed by atoms with Gasteiger partial charge in [0, 0.05) is 31.9 Å². The van der Waals surface area contributed by atoms with E-state index in [2.05, 4.69) is 5.32 Å². The zero-order valence-corrected chi connectivity index (χ0v) is 11.5. The lowest BCUT2D eigenvalue weighted by Gasteiger charge is -2.21. The molecule has 2 atom stereocenters. The van der Waals surface area contributed by atoms with Crippen LogP contribution in [0.25, 0.3) is 0 Å². The lowest BCUT2D eigenvalue weighted by atomic mass is 10.1. The van der Waals surface area contributed by atoms with Crippen molar-refractivity contribution in [1.82, 2.24) is 10.2 Å². The fraction of sp³-hybridized carbons (Fsp3) is 0.833. The van der Waals surface area contributed by atoms with E-state index in [1.165, 1.54) is 11.8 Å². The second-order valence-electron chi connectivity index (χ2n) is 4.76. The van der Waals surface area contributed by atoms with Crippen molar-refractivity contribution in [1.29, 1.82) is 0 Å². The van der Waals surface area contributed by atoms with E-state index in [-0.39, 0.29) is 23.3 Å². The van der Waals surface area contributed by atoms with Crippen molar-refractivity contribution in [2.75, 3.05) is 25.4 Å². The van der Waals surface area contributed by atoms with E-state index in [0.717, 1.165) is 31.7 Å². The van der Waals surface area contributed by atoms with Crippen molar-refractivity contribution in [3.8, 4) is 0 Å². The molecule has 2 amide bonds. The SMILES string of the molecule is C[C@@H](NC(=O)CCN1CCSC1=O)[C@H]1CCCO1. The van der Waals surface area contributed by atoms with Crippen LogP contribution in [0.1, 0.15) is 26.2 Å². The van der Waals surface area contributed by atoms with Gasteiger partial charge in [-0.25, -0.2) is 0 Å². The summed E-state index contributed by atoms with van der Waals surface area (Å²) in [7, 11) is 0. The highest BCUT2D eigenvalue weighted by Gasteiger charge is 2.25. The maximum absolute atomic E-state index is 11.8. The number of thioether (sulfide) groups is 1. The van der Waals surface area contributed by atoms with Crippen LogP contribution >= 0.6 is 11.8 Å². The van der Waals surface area contributed by atoms with Gasteiger partial charge in [0.25, 0.3) is 5.24 Å². The first-order valence-electron chi connectivity index (χ1n) is 6.49. The van der Waals surface area contributed by atoms with E-state index in [1.54, 1.807) is 4.90 Å². The number of ether oxygens (including phenoxy) is 1. The zero-order valence-electron chi connectivity index (χ0n) is 10.7. The fourth-order valence-corrected chi connectivity index (χ4v) is 3.13. The minimum Gasteiger partial charge on any atom is -0.376 e. The second-order valence-corrected chi connectivity index (χ2v) is 5.81. The van der Waals surface area contributed by atoms with Crippen LogP contribution in [0.2, 0.25) is 0 Å². The lowest BCUT2D eigenvalue weighted by molar-refractivity contribution is -0.122. The molecule has 2 fully saturated rings. The molecular formula is C12H20N2O3S. The Balaban J connectivity index is 1.66. The van der Waals surface area contributed by atoms with Crippen molar-refractivity contribution in [2.24, 2.45) is 0 Å². The van der Waals surface area contributed by atoms with Crippen LogP contribution in [-0.4, -0.2) is 53.6 Å². The molecule has 0 bridgehead atoms. The average molecular weight is 272 g/mol. The largest absolute Gasteiger partial charge is 0.376 e. The first-order chi connectivity index (χ1) is 8.66. The van der Waals surface area contributed by atoms with Gasteiger partial charge in [-0.05, 0) is 19.8 Å². The minimum absolute atomic E-state index is 0.00250. The van der Waals surface area contributed by atoms with Crippen molar-refractivity contribution in [2.45, 2.75) is 38.3 Å². The summed E-state index contributed by atoms with van der Waals surface area (Å²) in [5, 5.41) is 3.04. The molecule has 0 aromatic heterocycles. The Morgan fingerprint density at radius 2 is 2.50 bits per heavy atom. The van der Waals surface area contributed by atoms with Crippen molar-refractivity contribution >= 4 is 22.9 Å². The molecule has 2 saturated heterocycles. The van der Waals surface area contributed by atoms with Crippen LogP contribution in [0.5, 0.6) is 0 Å². The number of carbonyl (C=O) groups is 2. The molecule has 1 N–H and O–H groups in total. The summed E-state index contributed by atoms with van der Waals surface area (Å²) in [6, 6.07) is 0.0589. The second kappa shape index (κ2) is 6.43. The fourth-order valence-electron chi connectivity index (χ4n) is 2.28. The standard InChI is InChI=1S/C12H20N2O3S/c1-9(10-3-2-7-17-10)13-11(15)4-5-14-6-8-18-12(14)16/h9-10H,2-8H2,1H3,(H,13,15)/t9-,10-/m1/s1. The Hall–Kier alpha value is -0.750. The molecule has 2 heterocycles. The van der Waals surface area contributed by atoms with Crippen LogP contribution in [-0.2, 0) is 9.53 Å². The monoisotopic (exact) mass is 272 g/mol. The number of amides is 2. The highest BCUT2D eigenvalue weighted by Crippen LogP contribution is 2.17.